The van der Waals surface area contributed by atoms with E-state index in [1.54, 1.807) is 6.07 Å². The lowest BCUT2D eigenvalue weighted by molar-refractivity contribution is 0.107. The van der Waals surface area contributed by atoms with E-state index in [-0.39, 0.29) is 51.5 Å². The number of fused-ring (bicyclic) bond motifs is 3. The van der Waals surface area contributed by atoms with E-state index in [1.165, 1.54) is 24.3 Å². The second-order valence-corrected chi connectivity index (χ2v) is 16.1. The standard InChI is InChI=1S/C34H34F4N4O4S/c35-21-17-33(7-1-11-42(33)18-21)19-46-32-39-30-24(31(40-32)41-12-9-34(10-13-41)8-2-14-47(34,44)45)5-4-23(28(30)37)25-16-22(43)15-20-3-6-26(36)29(38)27(20)25/h3-6,15-16,21,43H,1-2,7-14,17-19H2/t21-,33+/m1/s1. The molecule has 1 N–H and O–H groups in total. The van der Waals surface area contributed by atoms with Crippen molar-refractivity contribution in [2.24, 2.45) is 0 Å². The van der Waals surface area contributed by atoms with Crippen molar-refractivity contribution in [3.8, 4) is 22.9 Å². The Morgan fingerprint density at radius 2 is 1.74 bits per heavy atom. The maximum Gasteiger partial charge on any atom is 0.319 e. The zero-order valence-electron chi connectivity index (χ0n) is 25.6. The lowest BCUT2D eigenvalue weighted by Crippen LogP contribution is -2.47. The topological polar surface area (TPSA) is 95.9 Å². The smallest absolute Gasteiger partial charge is 0.319 e. The number of nitrogens with zero attached hydrogens (tertiary/aromatic N) is 4. The molecule has 0 amide bonds. The summed E-state index contributed by atoms with van der Waals surface area (Å²) in [6.45, 7) is 1.95. The van der Waals surface area contributed by atoms with Crippen LogP contribution in [0.4, 0.5) is 23.4 Å². The molecule has 0 radical (unpaired) electrons. The van der Waals surface area contributed by atoms with Gasteiger partial charge in [0.25, 0.3) is 0 Å². The molecular weight excluding hydrogens is 636 g/mol. The predicted molar refractivity (Wildman–Crippen MR) is 170 cm³/mol. The summed E-state index contributed by atoms with van der Waals surface area (Å²) in [5.41, 5.74) is -0.787. The molecule has 1 spiro atoms. The van der Waals surface area contributed by atoms with Crippen LogP contribution in [-0.2, 0) is 9.84 Å². The number of halogens is 4. The molecule has 4 aromatic rings. The van der Waals surface area contributed by atoms with Crippen LogP contribution >= 0.6 is 0 Å². The number of hydrogen-bond acceptors (Lipinski definition) is 8. The predicted octanol–water partition coefficient (Wildman–Crippen LogP) is 6.08. The first-order chi connectivity index (χ1) is 22.5. The van der Waals surface area contributed by atoms with E-state index >= 15 is 8.78 Å². The highest BCUT2D eigenvalue weighted by Crippen LogP contribution is 2.45. The van der Waals surface area contributed by atoms with Gasteiger partial charge in [-0.25, -0.2) is 26.0 Å². The normalized spacial score (nSPS) is 25.3. The number of hydrogen-bond donors (Lipinski definition) is 1. The highest BCUT2D eigenvalue weighted by molar-refractivity contribution is 7.93. The molecule has 4 saturated heterocycles. The molecule has 5 heterocycles. The molecule has 4 fully saturated rings. The average molecular weight is 671 g/mol. The summed E-state index contributed by atoms with van der Waals surface area (Å²) < 4.78 is 92.0. The third-order valence-corrected chi connectivity index (χ3v) is 13.7. The van der Waals surface area contributed by atoms with Crippen LogP contribution in [0.25, 0.3) is 32.8 Å². The minimum absolute atomic E-state index is 0.0502. The van der Waals surface area contributed by atoms with Crippen LogP contribution in [0.1, 0.15) is 44.9 Å². The highest BCUT2D eigenvalue weighted by Gasteiger charge is 2.50. The largest absolute Gasteiger partial charge is 0.508 e. The number of aromatic nitrogens is 2. The monoisotopic (exact) mass is 670 g/mol. The van der Waals surface area contributed by atoms with Gasteiger partial charge in [-0.05, 0) is 80.3 Å². The molecule has 2 atom stereocenters. The quantitative estimate of drug-likeness (QED) is 0.256. The van der Waals surface area contributed by atoms with E-state index in [0.29, 0.717) is 62.9 Å². The van der Waals surface area contributed by atoms with E-state index in [0.717, 1.165) is 25.5 Å². The van der Waals surface area contributed by atoms with E-state index in [4.69, 9.17) is 9.72 Å². The van der Waals surface area contributed by atoms with Crippen molar-refractivity contribution in [1.29, 1.82) is 0 Å². The van der Waals surface area contributed by atoms with E-state index in [2.05, 4.69) is 9.88 Å². The lowest BCUT2D eigenvalue weighted by Gasteiger charge is -2.39. The first kappa shape index (κ1) is 30.6. The maximum atomic E-state index is 16.7. The molecule has 47 heavy (non-hydrogen) atoms. The summed E-state index contributed by atoms with van der Waals surface area (Å²) in [6.07, 6.45) is 3.08. The number of phenolic OH excluding ortho intramolecular Hbond substituents is 1. The van der Waals surface area contributed by atoms with Gasteiger partial charge in [-0.15, -0.1) is 0 Å². The van der Waals surface area contributed by atoms with Gasteiger partial charge in [-0.3, -0.25) is 4.90 Å². The van der Waals surface area contributed by atoms with E-state index in [1.807, 2.05) is 4.90 Å². The molecule has 13 heteroatoms. The fourth-order valence-electron chi connectivity index (χ4n) is 8.52. The summed E-state index contributed by atoms with van der Waals surface area (Å²) in [5, 5.41) is 10.8. The molecule has 0 aliphatic carbocycles. The number of aromatic hydroxyl groups is 1. The number of benzene rings is 3. The van der Waals surface area contributed by atoms with Gasteiger partial charge < -0.3 is 14.7 Å². The van der Waals surface area contributed by atoms with Gasteiger partial charge in [0.05, 0.1) is 16.0 Å². The van der Waals surface area contributed by atoms with Gasteiger partial charge in [0.1, 0.15) is 29.9 Å². The Balaban J connectivity index is 1.24. The van der Waals surface area contributed by atoms with Crippen LogP contribution in [0.5, 0.6) is 11.8 Å². The first-order valence-corrected chi connectivity index (χ1v) is 17.8. The zero-order valence-corrected chi connectivity index (χ0v) is 26.4. The Hall–Kier alpha value is -3.71. The number of phenols is 1. The molecule has 0 saturated carbocycles. The first-order valence-electron chi connectivity index (χ1n) is 16.1. The third-order valence-electron chi connectivity index (χ3n) is 11.0. The lowest BCUT2D eigenvalue weighted by atomic mass is 9.91. The number of alkyl halides is 1. The number of sulfone groups is 1. The molecule has 248 valence electrons. The molecule has 0 bridgehead atoms. The number of anilines is 1. The molecule has 8 nitrogen and oxygen atoms in total. The van der Waals surface area contributed by atoms with Crippen LogP contribution in [-0.4, -0.2) is 83.4 Å². The van der Waals surface area contributed by atoms with Gasteiger partial charge in [-0.2, -0.15) is 9.97 Å². The van der Waals surface area contributed by atoms with Crippen LogP contribution < -0.4 is 9.64 Å². The second-order valence-electron chi connectivity index (χ2n) is 13.6. The molecular formula is C34H34F4N4O4S. The minimum Gasteiger partial charge on any atom is -0.508 e. The van der Waals surface area contributed by atoms with Gasteiger partial charge in [0, 0.05) is 42.4 Å². The van der Waals surface area contributed by atoms with Gasteiger partial charge >= 0.3 is 6.01 Å². The summed E-state index contributed by atoms with van der Waals surface area (Å²) in [7, 11) is -3.23. The second kappa shape index (κ2) is 10.9. The van der Waals surface area contributed by atoms with Crippen LogP contribution in [0.2, 0.25) is 0 Å². The highest BCUT2D eigenvalue weighted by atomic mass is 32.2. The van der Waals surface area contributed by atoms with Crippen molar-refractivity contribution in [2.75, 3.05) is 43.4 Å². The number of piperidine rings is 1. The van der Waals surface area contributed by atoms with Crippen LogP contribution in [0, 0.1) is 17.5 Å². The Labute approximate surface area is 269 Å². The minimum atomic E-state index is -3.23. The summed E-state index contributed by atoms with van der Waals surface area (Å²) in [4.78, 5) is 13.2. The summed E-state index contributed by atoms with van der Waals surface area (Å²) in [5.74, 6) is -2.82. The molecule has 1 aromatic heterocycles. The molecule has 4 aliphatic rings. The zero-order chi connectivity index (χ0) is 32.7. The van der Waals surface area contributed by atoms with E-state index < -0.39 is 43.7 Å². The molecule has 0 unspecified atom stereocenters. The van der Waals surface area contributed by atoms with Crippen molar-refractivity contribution in [2.45, 2.75) is 61.4 Å². The van der Waals surface area contributed by atoms with Gasteiger partial charge in [0.2, 0.25) is 0 Å². The Morgan fingerprint density at radius 3 is 2.51 bits per heavy atom. The fraction of sp³-hybridized carbons (Fsp3) is 0.471. The van der Waals surface area contributed by atoms with Crippen LogP contribution in [0.3, 0.4) is 0 Å². The molecule has 8 rings (SSSR count). The van der Waals surface area contributed by atoms with Crippen molar-refractivity contribution in [1.82, 2.24) is 14.9 Å². The van der Waals surface area contributed by atoms with Crippen molar-refractivity contribution >= 4 is 37.3 Å². The molecule has 3 aromatic carbocycles. The Bertz CT molecular complexity index is 2040. The van der Waals surface area contributed by atoms with Crippen molar-refractivity contribution in [3.63, 3.8) is 0 Å². The Kier molecular flexibility index (Phi) is 7.11. The molecule has 4 aliphatic heterocycles. The summed E-state index contributed by atoms with van der Waals surface area (Å²) >= 11 is 0. The van der Waals surface area contributed by atoms with Crippen molar-refractivity contribution in [3.05, 3.63) is 53.8 Å². The van der Waals surface area contributed by atoms with Crippen molar-refractivity contribution < 1.29 is 35.8 Å². The van der Waals surface area contributed by atoms with Gasteiger partial charge in [0.15, 0.2) is 27.3 Å². The average Bonchev–Trinajstić information content (AvgIpc) is 3.66. The fourth-order valence-corrected chi connectivity index (χ4v) is 10.7. The van der Waals surface area contributed by atoms with Crippen LogP contribution in [0.15, 0.2) is 36.4 Å². The SMILES string of the molecule is O=S1(=O)CCCC12CCN(c1nc(OC[C@@]34CCCN3C[C@H](F)C4)nc3c(F)c(-c4cc(O)cc5ccc(F)c(F)c45)ccc13)CC2. The Morgan fingerprint density at radius 1 is 0.936 bits per heavy atom. The summed E-state index contributed by atoms with van der Waals surface area (Å²) in [6, 6.07) is 7.62. The van der Waals surface area contributed by atoms with Gasteiger partial charge in [-0.1, -0.05) is 12.1 Å². The number of rotatable bonds is 5. The van der Waals surface area contributed by atoms with E-state index in [9.17, 15) is 22.3 Å². The maximum absolute atomic E-state index is 16.7. The number of ether oxygens (including phenoxy) is 1. The third kappa shape index (κ3) is 4.82.